The molecule has 1 heterocycles. The molecule has 1 aromatic rings. The SMILES string of the molecule is CCCC[C@H]1C=C[C@@H]([C@H](CO)OCc2ccccc2)O[Si](C(C)C)(C(C)C)O1. The first-order valence-electron chi connectivity index (χ1n) is 10.7. The summed E-state index contributed by atoms with van der Waals surface area (Å²) in [4.78, 5) is 0. The molecule has 2 rings (SSSR count). The summed E-state index contributed by atoms with van der Waals surface area (Å²) in [5, 5.41) is 10.0. The van der Waals surface area contributed by atoms with Crippen molar-refractivity contribution >= 4 is 8.56 Å². The Labute approximate surface area is 172 Å². The van der Waals surface area contributed by atoms with Gasteiger partial charge in [-0.05, 0) is 23.1 Å². The maximum Gasteiger partial charge on any atom is 0.344 e. The van der Waals surface area contributed by atoms with E-state index < -0.39 is 14.7 Å². The second kappa shape index (κ2) is 11.3. The van der Waals surface area contributed by atoms with E-state index >= 15 is 0 Å². The molecule has 0 radical (unpaired) electrons. The van der Waals surface area contributed by atoms with Crippen LogP contribution in [0, 0.1) is 0 Å². The van der Waals surface area contributed by atoms with Crippen LogP contribution in [0.3, 0.4) is 0 Å². The Kier molecular flexibility index (Phi) is 9.37. The van der Waals surface area contributed by atoms with Gasteiger partial charge in [-0.3, -0.25) is 0 Å². The third-order valence-corrected chi connectivity index (χ3v) is 10.0. The van der Waals surface area contributed by atoms with Crippen LogP contribution in [0.2, 0.25) is 11.1 Å². The summed E-state index contributed by atoms with van der Waals surface area (Å²) in [5.41, 5.74) is 1.71. The first kappa shape index (κ1) is 23.3. The van der Waals surface area contributed by atoms with Crippen molar-refractivity contribution in [2.24, 2.45) is 0 Å². The third kappa shape index (κ3) is 6.01. The molecule has 28 heavy (non-hydrogen) atoms. The lowest BCUT2D eigenvalue weighted by atomic mass is 10.1. The molecular weight excluding hydrogens is 368 g/mol. The maximum absolute atomic E-state index is 10.0. The van der Waals surface area contributed by atoms with Gasteiger partial charge in [0.1, 0.15) is 6.10 Å². The van der Waals surface area contributed by atoms with Crippen molar-refractivity contribution in [1.82, 2.24) is 0 Å². The quantitative estimate of drug-likeness (QED) is 0.420. The van der Waals surface area contributed by atoms with Crippen LogP contribution in [0.1, 0.15) is 59.4 Å². The highest BCUT2D eigenvalue weighted by atomic mass is 28.4. The van der Waals surface area contributed by atoms with Gasteiger partial charge in [-0.25, -0.2) is 0 Å². The lowest BCUT2D eigenvalue weighted by Gasteiger charge is -2.41. The lowest BCUT2D eigenvalue weighted by Crippen LogP contribution is -2.53. The topological polar surface area (TPSA) is 47.9 Å². The average molecular weight is 407 g/mol. The summed E-state index contributed by atoms with van der Waals surface area (Å²) in [5.74, 6) is 0. The average Bonchev–Trinajstić information content (AvgIpc) is 2.89. The van der Waals surface area contributed by atoms with Crippen molar-refractivity contribution in [3.05, 3.63) is 48.0 Å². The fraction of sp³-hybridized carbons (Fsp3) is 0.652. The number of hydrogen-bond donors (Lipinski definition) is 1. The van der Waals surface area contributed by atoms with Crippen molar-refractivity contribution < 1.29 is 18.7 Å². The van der Waals surface area contributed by atoms with Crippen molar-refractivity contribution in [2.75, 3.05) is 6.61 Å². The predicted molar refractivity (Wildman–Crippen MR) is 116 cm³/mol. The Morgan fingerprint density at radius 3 is 2.29 bits per heavy atom. The van der Waals surface area contributed by atoms with Gasteiger partial charge in [0.25, 0.3) is 0 Å². The molecule has 0 saturated heterocycles. The van der Waals surface area contributed by atoms with E-state index in [1.807, 2.05) is 30.3 Å². The highest BCUT2D eigenvalue weighted by molar-refractivity contribution is 6.70. The Morgan fingerprint density at radius 1 is 1.04 bits per heavy atom. The molecule has 1 N–H and O–H groups in total. The van der Waals surface area contributed by atoms with Crippen molar-refractivity contribution in [3.63, 3.8) is 0 Å². The molecule has 0 bridgehead atoms. The number of rotatable bonds is 10. The summed E-state index contributed by atoms with van der Waals surface area (Å²) in [6.07, 6.45) is 6.86. The Hall–Kier alpha value is -0.983. The number of benzene rings is 1. The number of unbranched alkanes of at least 4 members (excludes halogenated alkanes) is 1. The van der Waals surface area contributed by atoms with Crippen molar-refractivity contribution in [2.45, 2.75) is 89.9 Å². The molecule has 5 heteroatoms. The highest BCUT2D eigenvalue weighted by Crippen LogP contribution is 2.39. The van der Waals surface area contributed by atoms with Gasteiger partial charge in [0, 0.05) is 0 Å². The van der Waals surface area contributed by atoms with E-state index in [1.165, 1.54) is 0 Å². The molecular formula is C23H38O4Si. The van der Waals surface area contributed by atoms with Gasteiger partial charge >= 0.3 is 8.56 Å². The van der Waals surface area contributed by atoms with Crippen LogP contribution in [0.15, 0.2) is 42.5 Å². The summed E-state index contributed by atoms with van der Waals surface area (Å²) in [6.45, 7) is 11.4. The molecule has 1 aliphatic rings. The van der Waals surface area contributed by atoms with Crippen LogP contribution in [-0.4, -0.2) is 38.6 Å². The lowest BCUT2D eigenvalue weighted by molar-refractivity contribution is -0.0571. The van der Waals surface area contributed by atoms with Gasteiger partial charge in [-0.15, -0.1) is 0 Å². The summed E-state index contributed by atoms with van der Waals surface area (Å²) >= 11 is 0. The second-order valence-corrected chi connectivity index (χ2v) is 12.5. The molecule has 1 aromatic carbocycles. The van der Waals surface area contributed by atoms with Gasteiger partial charge in [-0.1, -0.05) is 89.9 Å². The van der Waals surface area contributed by atoms with E-state index in [-0.39, 0.29) is 18.8 Å². The highest BCUT2D eigenvalue weighted by Gasteiger charge is 2.49. The zero-order valence-corrected chi connectivity index (χ0v) is 19.1. The van der Waals surface area contributed by atoms with Gasteiger partial charge in [-0.2, -0.15) is 0 Å². The van der Waals surface area contributed by atoms with Crippen LogP contribution in [0.4, 0.5) is 0 Å². The largest absolute Gasteiger partial charge is 0.394 e. The van der Waals surface area contributed by atoms with Crippen molar-refractivity contribution in [1.29, 1.82) is 0 Å². The van der Waals surface area contributed by atoms with E-state index in [1.54, 1.807) is 0 Å². The zero-order chi connectivity index (χ0) is 20.6. The minimum absolute atomic E-state index is 0.0786. The Morgan fingerprint density at radius 2 is 1.71 bits per heavy atom. The van der Waals surface area contributed by atoms with Crippen LogP contribution in [0.25, 0.3) is 0 Å². The number of ether oxygens (including phenoxy) is 1. The van der Waals surface area contributed by atoms with Gasteiger partial charge < -0.3 is 18.7 Å². The third-order valence-electron chi connectivity index (χ3n) is 5.48. The first-order valence-corrected chi connectivity index (χ1v) is 12.7. The molecule has 1 aliphatic heterocycles. The van der Waals surface area contributed by atoms with E-state index in [4.69, 9.17) is 13.6 Å². The fourth-order valence-electron chi connectivity index (χ4n) is 3.79. The van der Waals surface area contributed by atoms with E-state index in [0.717, 1.165) is 24.8 Å². The zero-order valence-electron chi connectivity index (χ0n) is 18.1. The summed E-state index contributed by atoms with van der Waals surface area (Å²) < 4.78 is 19.5. The molecule has 0 aromatic heterocycles. The monoisotopic (exact) mass is 406 g/mol. The molecule has 0 unspecified atom stereocenters. The van der Waals surface area contributed by atoms with Crippen LogP contribution in [-0.2, 0) is 20.2 Å². The number of hydrogen-bond acceptors (Lipinski definition) is 4. The van der Waals surface area contributed by atoms with Crippen LogP contribution < -0.4 is 0 Å². The van der Waals surface area contributed by atoms with Crippen molar-refractivity contribution in [3.8, 4) is 0 Å². The molecule has 0 amide bonds. The normalized spacial score (nSPS) is 23.1. The molecule has 0 spiro atoms. The molecule has 4 nitrogen and oxygen atoms in total. The molecule has 3 atom stereocenters. The summed E-state index contributed by atoms with van der Waals surface area (Å²) in [6, 6.07) is 10.0. The molecule has 0 fully saturated rings. The smallest absolute Gasteiger partial charge is 0.344 e. The molecule has 0 aliphatic carbocycles. The minimum Gasteiger partial charge on any atom is -0.394 e. The number of aliphatic hydroxyl groups is 1. The van der Waals surface area contributed by atoms with Crippen LogP contribution >= 0.6 is 0 Å². The predicted octanol–water partition coefficient (Wildman–Crippen LogP) is 5.36. The van der Waals surface area contributed by atoms with Gasteiger partial charge in [0.05, 0.1) is 25.4 Å². The Bertz CT molecular complexity index is 580. The second-order valence-electron chi connectivity index (χ2n) is 8.31. The fourth-order valence-corrected chi connectivity index (χ4v) is 7.59. The minimum atomic E-state index is -2.50. The van der Waals surface area contributed by atoms with Gasteiger partial charge in [0.15, 0.2) is 0 Å². The van der Waals surface area contributed by atoms with E-state index in [9.17, 15) is 5.11 Å². The summed E-state index contributed by atoms with van der Waals surface area (Å²) in [7, 11) is -2.50. The Balaban J connectivity index is 2.21. The number of aliphatic hydroxyl groups excluding tert-OH is 1. The molecule has 158 valence electrons. The maximum atomic E-state index is 10.0. The van der Waals surface area contributed by atoms with Crippen LogP contribution in [0.5, 0.6) is 0 Å². The first-order chi connectivity index (χ1) is 13.4. The molecule has 0 saturated carbocycles. The standard InChI is InChI=1S/C23H38O4Si/c1-6-7-13-21-14-15-22(27-28(26-21,18(2)3)19(4)5)23(16-24)25-17-20-11-9-8-10-12-20/h8-12,14-15,18-19,21-24H,6-7,13,16-17H2,1-5H3/t21-,22-,23-/m0/s1. The van der Waals surface area contributed by atoms with E-state index in [0.29, 0.717) is 17.7 Å². The van der Waals surface area contributed by atoms with Gasteiger partial charge in [0.2, 0.25) is 0 Å². The van der Waals surface area contributed by atoms with E-state index in [2.05, 4.69) is 46.8 Å².